The van der Waals surface area contributed by atoms with Crippen LogP contribution in [0.4, 0.5) is 5.69 Å². The smallest absolute Gasteiger partial charge is 0.255 e. The third kappa shape index (κ3) is 4.47. The van der Waals surface area contributed by atoms with Crippen molar-refractivity contribution in [1.82, 2.24) is 4.31 Å². The number of hydrogen-bond acceptors (Lipinski definition) is 5. The van der Waals surface area contributed by atoms with E-state index in [4.69, 9.17) is 4.74 Å². The van der Waals surface area contributed by atoms with Gasteiger partial charge in [0.05, 0.1) is 17.1 Å². The van der Waals surface area contributed by atoms with Crippen molar-refractivity contribution in [2.24, 2.45) is 0 Å². The van der Waals surface area contributed by atoms with E-state index in [1.165, 1.54) is 40.7 Å². The molecule has 7 nitrogen and oxygen atoms in total. The van der Waals surface area contributed by atoms with Crippen LogP contribution >= 0.6 is 0 Å². The lowest BCUT2D eigenvalue weighted by Gasteiger charge is -2.34. The van der Waals surface area contributed by atoms with Crippen LogP contribution in [0.2, 0.25) is 0 Å². The molecular formula is C19H22N2O5S. The summed E-state index contributed by atoms with van der Waals surface area (Å²) in [7, 11) is -3.64. The first-order valence-corrected chi connectivity index (χ1v) is 10.1. The van der Waals surface area contributed by atoms with Crippen LogP contribution in [-0.4, -0.2) is 49.0 Å². The normalized spacial score (nSPS) is 21.0. The van der Waals surface area contributed by atoms with Crippen molar-refractivity contribution in [3.63, 3.8) is 0 Å². The van der Waals surface area contributed by atoms with E-state index in [0.29, 0.717) is 24.3 Å². The summed E-state index contributed by atoms with van der Waals surface area (Å²) >= 11 is 0. The molecule has 2 N–H and O–H groups in total. The topological polar surface area (TPSA) is 95.9 Å². The zero-order chi connectivity index (χ0) is 19.6. The molecule has 27 heavy (non-hydrogen) atoms. The summed E-state index contributed by atoms with van der Waals surface area (Å²) in [5.74, 6) is -0.257. The highest BCUT2D eigenvalue weighted by Gasteiger charge is 2.32. The molecule has 144 valence electrons. The number of morpholine rings is 1. The van der Waals surface area contributed by atoms with Crippen LogP contribution in [0, 0.1) is 0 Å². The second-order valence-electron chi connectivity index (χ2n) is 6.60. The van der Waals surface area contributed by atoms with Gasteiger partial charge in [-0.25, -0.2) is 8.42 Å². The molecule has 0 saturated carbocycles. The number of benzene rings is 2. The number of phenolic OH excluding ortho intramolecular Hbond substituents is 1. The first-order valence-electron chi connectivity index (χ1n) is 8.62. The Bertz CT molecular complexity index is 900. The Morgan fingerprint density at radius 1 is 1.04 bits per heavy atom. The monoisotopic (exact) mass is 390 g/mol. The average Bonchev–Trinajstić information content (AvgIpc) is 2.63. The van der Waals surface area contributed by atoms with Crippen LogP contribution in [0.15, 0.2) is 53.4 Å². The second-order valence-corrected chi connectivity index (χ2v) is 8.54. The second kappa shape index (κ2) is 7.67. The fraction of sp³-hybridized carbons (Fsp3) is 0.316. The molecule has 8 heteroatoms. The Labute approximate surface area is 158 Å². The molecule has 0 unspecified atom stereocenters. The number of ether oxygens (including phenoxy) is 1. The lowest BCUT2D eigenvalue weighted by atomic mass is 10.2. The van der Waals surface area contributed by atoms with Gasteiger partial charge in [-0.1, -0.05) is 0 Å². The van der Waals surface area contributed by atoms with Crippen molar-refractivity contribution in [2.75, 3.05) is 18.4 Å². The lowest BCUT2D eigenvalue weighted by molar-refractivity contribution is -0.0440. The molecule has 1 fully saturated rings. The zero-order valence-corrected chi connectivity index (χ0v) is 15.9. The predicted octanol–water partition coefficient (Wildman–Crippen LogP) is 2.44. The molecule has 0 radical (unpaired) electrons. The van der Waals surface area contributed by atoms with Crippen LogP contribution in [0.1, 0.15) is 24.2 Å². The minimum Gasteiger partial charge on any atom is -0.508 e. The maximum absolute atomic E-state index is 12.8. The number of nitrogens with one attached hydrogen (secondary N) is 1. The lowest BCUT2D eigenvalue weighted by Crippen LogP contribution is -2.48. The van der Waals surface area contributed by atoms with E-state index in [1.807, 2.05) is 13.8 Å². The zero-order valence-electron chi connectivity index (χ0n) is 15.1. The number of anilines is 1. The standard InChI is InChI=1S/C19H22N2O5S/c1-13-11-21(12-14(2)26-13)27(24,25)18-9-3-15(4-10-18)19(23)20-16-5-7-17(22)8-6-16/h3-10,13-14,22H,11-12H2,1-2H3,(H,20,23)/t13-,14-/m1/s1. The summed E-state index contributed by atoms with van der Waals surface area (Å²) < 4.78 is 32.7. The number of phenols is 1. The number of hydrogen-bond donors (Lipinski definition) is 2. The quantitative estimate of drug-likeness (QED) is 0.782. The van der Waals surface area contributed by atoms with E-state index in [9.17, 15) is 18.3 Å². The van der Waals surface area contributed by atoms with Crippen molar-refractivity contribution in [3.8, 4) is 5.75 Å². The Kier molecular flexibility index (Phi) is 5.50. The van der Waals surface area contributed by atoms with Crippen molar-refractivity contribution in [3.05, 3.63) is 54.1 Å². The molecule has 0 bridgehead atoms. The highest BCUT2D eigenvalue weighted by molar-refractivity contribution is 7.89. The number of aromatic hydroxyl groups is 1. The van der Waals surface area contributed by atoms with Gasteiger partial charge in [0.1, 0.15) is 5.75 Å². The first kappa shape index (κ1) is 19.3. The molecule has 1 amide bonds. The van der Waals surface area contributed by atoms with E-state index < -0.39 is 10.0 Å². The molecule has 2 atom stereocenters. The van der Waals surface area contributed by atoms with Gasteiger partial charge in [0.15, 0.2) is 0 Å². The molecular weight excluding hydrogens is 368 g/mol. The minimum absolute atomic E-state index is 0.106. The summed E-state index contributed by atoms with van der Waals surface area (Å²) in [6.45, 7) is 4.29. The summed E-state index contributed by atoms with van der Waals surface area (Å²) in [4.78, 5) is 12.4. The molecule has 0 aromatic heterocycles. The number of carbonyl (C=O) groups is 1. The van der Waals surface area contributed by atoms with Gasteiger partial charge in [0.25, 0.3) is 5.91 Å². The molecule has 3 rings (SSSR count). The predicted molar refractivity (Wildman–Crippen MR) is 101 cm³/mol. The van der Waals surface area contributed by atoms with Gasteiger partial charge >= 0.3 is 0 Å². The van der Waals surface area contributed by atoms with Gasteiger partial charge < -0.3 is 15.2 Å². The first-order chi connectivity index (χ1) is 12.8. The fourth-order valence-corrected chi connectivity index (χ4v) is 4.59. The van der Waals surface area contributed by atoms with E-state index in [-0.39, 0.29) is 28.8 Å². The maximum atomic E-state index is 12.8. The van der Waals surface area contributed by atoms with E-state index in [2.05, 4.69) is 5.32 Å². The molecule has 1 aliphatic heterocycles. The van der Waals surface area contributed by atoms with Gasteiger partial charge in [0, 0.05) is 24.3 Å². The number of amides is 1. The Balaban J connectivity index is 1.74. The molecule has 2 aromatic carbocycles. The SMILES string of the molecule is C[C@@H]1CN(S(=O)(=O)c2ccc(C(=O)Nc3ccc(O)cc3)cc2)C[C@@H](C)O1. The number of rotatable bonds is 4. The van der Waals surface area contributed by atoms with Crippen molar-refractivity contribution < 1.29 is 23.1 Å². The third-order valence-corrected chi connectivity index (χ3v) is 6.11. The summed E-state index contributed by atoms with van der Waals surface area (Å²) in [6, 6.07) is 11.9. The molecule has 1 heterocycles. The molecule has 1 saturated heterocycles. The fourth-order valence-electron chi connectivity index (χ4n) is 3.00. The third-order valence-electron chi connectivity index (χ3n) is 4.27. The van der Waals surface area contributed by atoms with Gasteiger partial charge in [0.2, 0.25) is 10.0 Å². The molecule has 0 aliphatic carbocycles. The van der Waals surface area contributed by atoms with Gasteiger partial charge in [-0.2, -0.15) is 4.31 Å². The van der Waals surface area contributed by atoms with Crippen molar-refractivity contribution in [2.45, 2.75) is 31.0 Å². The number of sulfonamides is 1. The van der Waals surface area contributed by atoms with Crippen molar-refractivity contribution in [1.29, 1.82) is 0 Å². The van der Waals surface area contributed by atoms with E-state index in [1.54, 1.807) is 12.1 Å². The summed E-state index contributed by atoms with van der Waals surface area (Å²) in [5.41, 5.74) is 0.872. The van der Waals surface area contributed by atoms with Crippen LogP contribution in [0.25, 0.3) is 0 Å². The molecule has 2 aromatic rings. The summed E-state index contributed by atoms with van der Waals surface area (Å²) in [5, 5.41) is 12.0. The largest absolute Gasteiger partial charge is 0.508 e. The highest BCUT2D eigenvalue weighted by Crippen LogP contribution is 2.22. The number of carbonyl (C=O) groups excluding carboxylic acids is 1. The van der Waals surface area contributed by atoms with Crippen LogP contribution < -0.4 is 5.32 Å². The van der Waals surface area contributed by atoms with Crippen LogP contribution in [0.3, 0.4) is 0 Å². The minimum atomic E-state index is -3.64. The van der Waals surface area contributed by atoms with E-state index >= 15 is 0 Å². The van der Waals surface area contributed by atoms with Gasteiger partial charge in [-0.15, -0.1) is 0 Å². The molecule has 0 spiro atoms. The Morgan fingerprint density at radius 3 is 2.15 bits per heavy atom. The highest BCUT2D eigenvalue weighted by atomic mass is 32.2. The van der Waals surface area contributed by atoms with Crippen LogP contribution in [0.5, 0.6) is 5.75 Å². The van der Waals surface area contributed by atoms with Gasteiger partial charge in [-0.05, 0) is 62.4 Å². The summed E-state index contributed by atoms with van der Waals surface area (Å²) in [6.07, 6.45) is -0.335. The Hall–Kier alpha value is -2.42. The molecule has 1 aliphatic rings. The maximum Gasteiger partial charge on any atom is 0.255 e. The van der Waals surface area contributed by atoms with Gasteiger partial charge in [-0.3, -0.25) is 4.79 Å². The Morgan fingerprint density at radius 2 is 1.59 bits per heavy atom. The van der Waals surface area contributed by atoms with Crippen LogP contribution in [-0.2, 0) is 14.8 Å². The van der Waals surface area contributed by atoms with Crippen molar-refractivity contribution >= 4 is 21.6 Å². The number of nitrogens with zero attached hydrogens (tertiary/aromatic N) is 1. The average molecular weight is 390 g/mol. The van der Waals surface area contributed by atoms with E-state index in [0.717, 1.165) is 0 Å².